The molecule has 1 nitrogen and oxygen atoms in total. The van der Waals surface area contributed by atoms with Crippen molar-refractivity contribution in [1.29, 1.82) is 0 Å². The molecule has 2 heteroatoms. The zero-order chi connectivity index (χ0) is 6.97. The Bertz CT molecular complexity index is 351. The maximum atomic E-state index is 12.7. The van der Waals surface area contributed by atoms with E-state index in [2.05, 4.69) is 10.7 Å². The van der Waals surface area contributed by atoms with Crippen LogP contribution >= 0.6 is 0 Å². The minimum Gasteiger partial charge on any atom is -0.460 e. The molecule has 49 valence electrons. The summed E-state index contributed by atoms with van der Waals surface area (Å²) in [6.45, 7) is 0. The summed E-state index contributed by atoms with van der Waals surface area (Å²) in [6, 6.07) is 4.80. The smallest absolute Gasteiger partial charge is 0.180 e. The van der Waals surface area contributed by atoms with Crippen LogP contribution in [0, 0.1) is 12.1 Å². The lowest BCUT2D eigenvalue weighted by molar-refractivity contribution is 0.560. The average molecular weight is 135 g/mol. The van der Waals surface area contributed by atoms with Crippen LogP contribution in [-0.4, -0.2) is 0 Å². The highest BCUT2D eigenvalue weighted by atomic mass is 19.1. The summed E-state index contributed by atoms with van der Waals surface area (Å²) in [5.41, 5.74) is 0. The van der Waals surface area contributed by atoms with Crippen molar-refractivity contribution < 1.29 is 8.81 Å². The SMILES string of the molecule is Fc1cccc2co[c]c12. The highest BCUT2D eigenvalue weighted by Crippen LogP contribution is 2.16. The Labute approximate surface area is 57.1 Å². The number of fused-ring (bicyclic) bond motifs is 1. The molecule has 2 rings (SSSR count). The lowest BCUT2D eigenvalue weighted by Crippen LogP contribution is -1.71. The van der Waals surface area contributed by atoms with E-state index in [4.69, 9.17) is 0 Å². The first-order chi connectivity index (χ1) is 4.88. The van der Waals surface area contributed by atoms with Gasteiger partial charge in [-0.3, -0.25) is 0 Å². The summed E-state index contributed by atoms with van der Waals surface area (Å²) in [7, 11) is 0. The molecular weight excluding hydrogens is 131 g/mol. The van der Waals surface area contributed by atoms with Crippen molar-refractivity contribution in [2.45, 2.75) is 0 Å². The van der Waals surface area contributed by atoms with Gasteiger partial charge in [-0.2, -0.15) is 0 Å². The number of rotatable bonds is 0. The van der Waals surface area contributed by atoms with E-state index in [9.17, 15) is 4.39 Å². The second-order valence-electron chi connectivity index (χ2n) is 2.04. The fourth-order valence-electron chi connectivity index (χ4n) is 0.899. The van der Waals surface area contributed by atoms with Crippen molar-refractivity contribution in [3.05, 3.63) is 36.5 Å². The Balaban J connectivity index is 2.95. The predicted molar refractivity (Wildman–Crippen MR) is 35.0 cm³/mol. The third kappa shape index (κ3) is 0.620. The maximum absolute atomic E-state index is 12.7. The lowest BCUT2D eigenvalue weighted by atomic mass is 10.2. The lowest BCUT2D eigenvalue weighted by Gasteiger charge is -1.85. The highest BCUT2D eigenvalue weighted by Gasteiger charge is 2.00. The average Bonchev–Trinajstić information content (AvgIpc) is 2.36. The molecule has 1 radical (unpaired) electrons. The van der Waals surface area contributed by atoms with Gasteiger partial charge in [-0.15, -0.1) is 0 Å². The summed E-state index contributed by atoms with van der Waals surface area (Å²) in [5.74, 6) is -0.286. The standard InChI is InChI=1S/C8H4FO/c9-8-3-1-2-6-4-10-5-7(6)8/h1-4H. The summed E-state index contributed by atoms with van der Waals surface area (Å²) >= 11 is 0. The molecule has 0 saturated carbocycles. The number of halogens is 1. The largest absolute Gasteiger partial charge is 0.460 e. The van der Waals surface area contributed by atoms with Gasteiger partial charge < -0.3 is 4.42 Å². The van der Waals surface area contributed by atoms with Crippen molar-refractivity contribution in [3.63, 3.8) is 0 Å². The molecule has 10 heavy (non-hydrogen) atoms. The molecule has 0 saturated heterocycles. The first-order valence-electron chi connectivity index (χ1n) is 2.91. The Morgan fingerprint density at radius 3 is 3.10 bits per heavy atom. The van der Waals surface area contributed by atoms with E-state index in [1.807, 2.05) is 0 Å². The molecule has 0 aliphatic heterocycles. The van der Waals surface area contributed by atoms with Gasteiger partial charge in [-0.25, -0.2) is 4.39 Å². The minimum atomic E-state index is -0.286. The number of benzene rings is 1. The van der Waals surface area contributed by atoms with E-state index < -0.39 is 0 Å². The summed E-state index contributed by atoms with van der Waals surface area (Å²) in [5, 5.41) is 1.17. The molecule has 0 spiro atoms. The quantitative estimate of drug-likeness (QED) is 0.540. The molecule has 1 aromatic carbocycles. The number of hydrogen-bond donors (Lipinski definition) is 0. The molecule has 0 fully saturated rings. The molecule has 0 N–H and O–H groups in total. The first kappa shape index (κ1) is 5.47. The van der Waals surface area contributed by atoms with Crippen molar-refractivity contribution in [1.82, 2.24) is 0 Å². The Morgan fingerprint density at radius 2 is 2.30 bits per heavy atom. The van der Waals surface area contributed by atoms with Crippen LogP contribution in [0.25, 0.3) is 10.8 Å². The van der Waals surface area contributed by atoms with Gasteiger partial charge in [0.1, 0.15) is 5.82 Å². The van der Waals surface area contributed by atoms with Crippen LogP contribution in [0.1, 0.15) is 0 Å². The zero-order valence-electron chi connectivity index (χ0n) is 5.10. The van der Waals surface area contributed by atoms with Gasteiger partial charge in [0.05, 0.1) is 11.6 Å². The molecule has 1 aromatic heterocycles. The Kier molecular flexibility index (Phi) is 1.01. The number of furan rings is 1. The Hall–Kier alpha value is -1.31. The van der Waals surface area contributed by atoms with E-state index in [0.29, 0.717) is 5.39 Å². The molecule has 0 aliphatic rings. The molecule has 0 amide bonds. The Morgan fingerprint density at radius 1 is 1.40 bits per heavy atom. The molecule has 0 unspecified atom stereocenters. The third-order valence-corrected chi connectivity index (χ3v) is 1.39. The van der Waals surface area contributed by atoms with Gasteiger partial charge in [-0.05, 0) is 6.07 Å². The van der Waals surface area contributed by atoms with Crippen LogP contribution in [0.2, 0.25) is 0 Å². The number of hydrogen-bond acceptors (Lipinski definition) is 1. The van der Waals surface area contributed by atoms with Crippen LogP contribution in [0.5, 0.6) is 0 Å². The molecule has 0 aliphatic carbocycles. The third-order valence-electron chi connectivity index (χ3n) is 1.39. The van der Waals surface area contributed by atoms with E-state index in [1.165, 1.54) is 12.3 Å². The highest BCUT2D eigenvalue weighted by molar-refractivity contribution is 5.80. The van der Waals surface area contributed by atoms with Gasteiger partial charge >= 0.3 is 0 Å². The van der Waals surface area contributed by atoms with Crippen LogP contribution in [-0.2, 0) is 0 Å². The summed E-state index contributed by atoms with van der Waals surface area (Å²) in [4.78, 5) is 0. The van der Waals surface area contributed by atoms with Gasteiger partial charge in [0.15, 0.2) is 6.26 Å². The topological polar surface area (TPSA) is 13.1 Å². The van der Waals surface area contributed by atoms with Crippen LogP contribution in [0.15, 0.2) is 28.9 Å². The normalized spacial score (nSPS) is 10.5. The van der Waals surface area contributed by atoms with Crippen LogP contribution < -0.4 is 0 Å². The van der Waals surface area contributed by atoms with Crippen LogP contribution in [0.4, 0.5) is 4.39 Å². The van der Waals surface area contributed by atoms with Gasteiger partial charge in [0.25, 0.3) is 0 Å². The fraction of sp³-hybridized carbons (Fsp3) is 0. The minimum absolute atomic E-state index is 0.286. The van der Waals surface area contributed by atoms with Crippen molar-refractivity contribution in [2.24, 2.45) is 0 Å². The van der Waals surface area contributed by atoms with E-state index >= 15 is 0 Å². The van der Waals surface area contributed by atoms with Gasteiger partial charge in [0, 0.05) is 5.39 Å². The fourth-order valence-corrected chi connectivity index (χ4v) is 0.899. The zero-order valence-corrected chi connectivity index (χ0v) is 5.10. The summed E-state index contributed by atoms with van der Waals surface area (Å²) in [6.07, 6.45) is 3.91. The molecular formula is C8H4FO. The summed E-state index contributed by atoms with van der Waals surface area (Å²) < 4.78 is 17.4. The monoisotopic (exact) mass is 135 g/mol. The molecule has 0 bridgehead atoms. The predicted octanol–water partition coefficient (Wildman–Crippen LogP) is 2.37. The van der Waals surface area contributed by atoms with Crippen molar-refractivity contribution >= 4 is 10.8 Å². The van der Waals surface area contributed by atoms with Gasteiger partial charge in [-0.1, -0.05) is 12.1 Å². The van der Waals surface area contributed by atoms with Crippen LogP contribution in [0.3, 0.4) is 0 Å². The first-order valence-corrected chi connectivity index (χ1v) is 2.91. The molecule has 2 aromatic rings. The van der Waals surface area contributed by atoms with Gasteiger partial charge in [0.2, 0.25) is 0 Å². The second kappa shape index (κ2) is 1.84. The maximum Gasteiger partial charge on any atom is 0.180 e. The van der Waals surface area contributed by atoms with E-state index in [0.717, 1.165) is 5.39 Å². The second-order valence-corrected chi connectivity index (χ2v) is 2.04. The van der Waals surface area contributed by atoms with Crippen molar-refractivity contribution in [3.8, 4) is 0 Å². The van der Waals surface area contributed by atoms with E-state index in [-0.39, 0.29) is 5.82 Å². The molecule has 1 heterocycles. The van der Waals surface area contributed by atoms with Crippen molar-refractivity contribution in [2.75, 3.05) is 0 Å². The molecule has 0 atom stereocenters. The van der Waals surface area contributed by atoms with E-state index in [1.54, 1.807) is 12.1 Å².